The second-order valence-corrected chi connectivity index (χ2v) is 8.21. The zero-order valence-corrected chi connectivity index (χ0v) is 18.8. The van der Waals surface area contributed by atoms with Crippen molar-refractivity contribution in [3.05, 3.63) is 59.7 Å². The number of rotatable bonds is 7. The molecule has 32 heavy (non-hydrogen) atoms. The minimum Gasteiger partial charge on any atom is -0.367 e. The van der Waals surface area contributed by atoms with E-state index in [1.165, 1.54) is 12.1 Å². The van der Waals surface area contributed by atoms with E-state index in [0.717, 1.165) is 30.3 Å². The van der Waals surface area contributed by atoms with Crippen molar-refractivity contribution < 1.29 is 13.6 Å². The molecule has 1 unspecified atom stereocenters. The lowest BCUT2D eigenvalue weighted by Gasteiger charge is -2.21. The second kappa shape index (κ2) is 10.9. The van der Waals surface area contributed by atoms with Gasteiger partial charge in [-0.15, -0.1) is 0 Å². The first-order valence-corrected chi connectivity index (χ1v) is 11.0. The maximum Gasteiger partial charge on any atom is 0.226 e. The second-order valence-electron chi connectivity index (χ2n) is 8.21. The number of carbonyl (C=O) groups is 1. The Hall–Kier alpha value is -3.16. The van der Waals surface area contributed by atoms with Crippen LogP contribution >= 0.6 is 0 Å². The summed E-state index contributed by atoms with van der Waals surface area (Å²) in [7, 11) is 0. The fourth-order valence-corrected chi connectivity index (χ4v) is 3.50. The summed E-state index contributed by atoms with van der Waals surface area (Å²) in [6.07, 6.45) is 0.825. The van der Waals surface area contributed by atoms with E-state index < -0.39 is 11.6 Å². The van der Waals surface area contributed by atoms with Gasteiger partial charge in [-0.25, -0.2) is 13.8 Å². The highest BCUT2D eigenvalue weighted by Gasteiger charge is 2.25. The Bertz CT molecular complexity index is 946. The van der Waals surface area contributed by atoms with E-state index in [1.54, 1.807) is 0 Å². The highest BCUT2D eigenvalue weighted by molar-refractivity contribution is 5.92. The molecule has 1 heterocycles. The molecule has 2 aromatic rings. The highest BCUT2D eigenvalue weighted by Crippen LogP contribution is 2.24. The third kappa shape index (κ3) is 6.42. The number of amides is 1. The third-order valence-corrected chi connectivity index (χ3v) is 5.29. The van der Waals surface area contributed by atoms with Crippen molar-refractivity contribution in [3.8, 4) is 0 Å². The molecule has 1 saturated heterocycles. The molecule has 1 amide bonds. The molecule has 1 atom stereocenters. The molecular formula is C24H31F2N5O. The van der Waals surface area contributed by atoms with Crippen LogP contribution in [0.5, 0.6) is 0 Å². The standard InChI is InChI=1S/C24H31F2N5O/c1-4-27-24(28-14-17-5-8-19(9-6-17)29-23(32)16(2)3)30-20-11-12-31(15-20)22-10-7-18(25)13-21(22)26/h5-10,13,16,20H,4,11-12,14-15H2,1-3H3,(H,29,32)(H2,27,28,30). The number of nitrogens with zero attached hydrogens (tertiary/aromatic N) is 2. The van der Waals surface area contributed by atoms with Crippen molar-refractivity contribution in [2.45, 2.75) is 39.8 Å². The Labute approximate surface area is 188 Å². The lowest BCUT2D eigenvalue weighted by molar-refractivity contribution is -0.118. The topological polar surface area (TPSA) is 68.8 Å². The maximum atomic E-state index is 14.1. The number of hydrogen-bond acceptors (Lipinski definition) is 3. The number of aliphatic imine (C=N–C) groups is 1. The number of hydrogen-bond donors (Lipinski definition) is 3. The first-order chi connectivity index (χ1) is 15.4. The molecule has 8 heteroatoms. The minimum atomic E-state index is -0.572. The van der Waals surface area contributed by atoms with Crippen LogP contribution in [0.2, 0.25) is 0 Å². The van der Waals surface area contributed by atoms with E-state index in [4.69, 9.17) is 0 Å². The van der Waals surface area contributed by atoms with Crippen LogP contribution in [0.1, 0.15) is 32.8 Å². The largest absolute Gasteiger partial charge is 0.367 e. The summed E-state index contributed by atoms with van der Waals surface area (Å²) < 4.78 is 27.3. The van der Waals surface area contributed by atoms with Crippen LogP contribution < -0.4 is 20.9 Å². The summed E-state index contributed by atoms with van der Waals surface area (Å²) >= 11 is 0. The van der Waals surface area contributed by atoms with Crippen LogP contribution in [-0.4, -0.2) is 37.5 Å². The number of benzene rings is 2. The maximum absolute atomic E-state index is 14.1. The predicted octanol–water partition coefficient (Wildman–Crippen LogP) is 3.89. The van der Waals surface area contributed by atoms with Gasteiger partial charge in [0, 0.05) is 43.3 Å². The molecule has 0 saturated carbocycles. The van der Waals surface area contributed by atoms with E-state index >= 15 is 0 Å². The Balaban J connectivity index is 1.57. The van der Waals surface area contributed by atoms with Gasteiger partial charge in [-0.3, -0.25) is 4.79 Å². The normalized spacial score (nSPS) is 16.4. The fourth-order valence-electron chi connectivity index (χ4n) is 3.50. The monoisotopic (exact) mass is 443 g/mol. The van der Waals surface area contributed by atoms with Crippen LogP contribution in [0.3, 0.4) is 0 Å². The summed E-state index contributed by atoms with van der Waals surface area (Å²) in [6, 6.07) is 11.4. The molecule has 0 radical (unpaired) electrons. The van der Waals surface area contributed by atoms with E-state index in [2.05, 4.69) is 20.9 Å². The molecule has 1 aliphatic heterocycles. The van der Waals surface area contributed by atoms with Gasteiger partial charge in [-0.1, -0.05) is 26.0 Å². The molecule has 0 aromatic heterocycles. The Morgan fingerprint density at radius 2 is 1.94 bits per heavy atom. The summed E-state index contributed by atoms with van der Waals surface area (Å²) in [5, 5.41) is 9.53. The first-order valence-electron chi connectivity index (χ1n) is 11.0. The van der Waals surface area contributed by atoms with Gasteiger partial charge in [0.25, 0.3) is 0 Å². The lowest BCUT2D eigenvalue weighted by atomic mass is 10.1. The minimum absolute atomic E-state index is 0.0134. The number of anilines is 2. The quantitative estimate of drug-likeness (QED) is 0.449. The molecule has 3 rings (SSSR count). The van der Waals surface area contributed by atoms with Gasteiger partial charge in [-0.05, 0) is 43.2 Å². The van der Waals surface area contributed by atoms with Crippen molar-refractivity contribution in [1.82, 2.24) is 10.6 Å². The number of halogens is 2. The number of nitrogens with one attached hydrogen (secondary N) is 3. The molecule has 1 fully saturated rings. The van der Waals surface area contributed by atoms with Gasteiger partial charge in [0.1, 0.15) is 11.6 Å². The van der Waals surface area contributed by atoms with E-state index in [1.807, 2.05) is 49.9 Å². The molecule has 1 aliphatic rings. The number of guanidine groups is 1. The van der Waals surface area contributed by atoms with Crippen molar-refractivity contribution >= 4 is 23.2 Å². The Morgan fingerprint density at radius 3 is 2.59 bits per heavy atom. The SMILES string of the molecule is CCNC(=NCc1ccc(NC(=O)C(C)C)cc1)NC1CCN(c2ccc(F)cc2F)C1. The zero-order valence-electron chi connectivity index (χ0n) is 18.8. The predicted molar refractivity (Wildman–Crippen MR) is 125 cm³/mol. The van der Waals surface area contributed by atoms with Gasteiger partial charge >= 0.3 is 0 Å². The lowest BCUT2D eigenvalue weighted by Crippen LogP contribution is -2.44. The Morgan fingerprint density at radius 1 is 1.19 bits per heavy atom. The van der Waals surface area contributed by atoms with Gasteiger partial charge in [0.15, 0.2) is 5.96 Å². The highest BCUT2D eigenvalue weighted by atomic mass is 19.1. The van der Waals surface area contributed by atoms with Crippen molar-refractivity contribution in [2.24, 2.45) is 10.9 Å². The average molecular weight is 444 g/mol. The van der Waals surface area contributed by atoms with Gasteiger partial charge in [0.05, 0.1) is 12.2 Å². The van der Waals surface area contributed by atoms with Crippen LogP contribution in [0.4, 0.5) is 20.2 Å². The van der Waals surface area contributed by atoms with E-state index in [-0.39, 0.29) is 17.9 Å². The van der Waals surface area contributed by atoms with Crippen LogP contribution in [0.15, 0.2) is 47.5 Å². The van der Waals surface area contributed by atoms with Gasteiger partial charge in [0.2, 0.25) is 5.91 Å². The van der Waals surface area contributed by atoms with Gasteiger partial charge in [-0.2, -0.15) is 0 Å². The molecule has 0 spiro atoms. The summed E-state index contributed by atoms with van der Waals surface area (Å²) in [5.41, 5.74) is 2.20. The summed E-state index contributed by atoms with van der Waals surface area (Å²) in [5.74, 6) is -0.507. The molecule has 172 valence electrons. The number of carbonyl (C=O) groups excluding carboxylic acids is 1. The van der Waals surface area contributed by atoms with Gasteiger partial charge < -0.3 is 20.9 Å². The fraction of sp³-hybridized carbons (Fsp3) is 0.417. The smallest absolute Gasteiger partial charge is 0.226 e. The molecule has 0 aliphatic carbocycles. The van der Waals surface area contributed by atoms with E-state index in [9.17, 15) is 13.6 Å². The van der Waals surface area contributed by atoms with Crippen molar-refractivity contribution in [1.29, 1.82) is 0 Å². The van der Waals surface area contributed by atoms with Crippen molar-refractivity contribution in [2.75, 3.05) is 29.9 Å². The van der Waals surface area contributed by atoms with E-state index in [0.29, 0.717) is 31.3 Å². The first kappa shape index (κ1) is 23.5. The van der Waals surface area contributed by atoms with Crippen LogP contribution in [0.25, 0.3) is 0 Å². The zero-order chi connectivity index (χ0) is 23.1. The molecule has 6 nitrogen and oxygen atoms in total. The molecule has 3 N–H and O–H groups in total. The summed E-state index contributed by atoms with van der Waals surface area (Å²) in [4.78, 5) is 18.4. The van der Waals surface area contributed by atoms with Crippen LogP contribution in [-0.2, 0) is 11.3 Å². The molecular weight excluding hydrogens is 412 g/mol. The Kier molecular flexibility index (Phi) is 8.03. The average Bonchev–Trinajstić information content (AvgIpc) is 3.21. The molecule has 0 bridgehead atoms. The van der Waals surface area contributed by atoms with Crippen LogP contribution in [0, 0.1) is 17.6 Å². The summed E-state index contributed by atoms with van der Waals surface area (Å²) in [6.45, 7) is 8.20. The third-order valence-electron chi connectivity index (χ3n) is 5.29. The molecule has 2 aromatic carbocycles. The van der Waals surface area contributed by atoms with Crippen molar-refractivity contribution in [3.63, 3.8) is 0 Å².